The number of aryl methyl sites for hydroxylation is 4. The van der Waals surface area contributed by atoms with Gasteiger partial charge in [-0.3, -0.25) is 48.5 Å². The number of alkyl halides is 4. The number of pyridine rings is 4. The van der Waals surface area contributed by atoms with Crippen molar-refractivity contribution in [3.63, 3.8) is 0 Å². The number of esters is 1. The Kier molecular flexibility index (Phi) is 25.5. The van der Waals surface area contributed by atoms with E-state index in [4.69, 9.17) is 4.74 Å². The Bertz CT molecular complexity index is 3400. The zero-order valence-electron chi connectivity index (χ0n) is 50.3. The number of nitrogens with zero attached hydrogens (tertiary/aromatic N) is 6. The van der Waals surface area contributed by atoms with Gasteiger partial charge in [-0.1, -0.05) is 76.2 Å². The number of halogens is 4. The van der Waals surface area contributed by atoms with Crippen molar-refractivity contribution in [2.24, 2.45) is 11.8 Å². The molecule has 2 aliphatic heterocycles. The molecule has 0 saturated carbocycles. The van der Waals surface area contributed by atoms with E-state index in [-0.39, 0.29) is 99.3 Å². The molecule has 86 heavy (non-hydrogen) atoms. The van der Waals surface area contributed by atoms with Gasteiger partial charge in [0.1, 0.15) is 12.1 Å². The molecule has 0 spiro atoms. The summed E-state index contributed by atoms with van der Waals surface area (Å²) >= 11 is 0. The average molecular weight is 1190 g/mol. The molecule has 2 aliphatic rings. The summed E-state index contributed by atoms with van der Waals surface area (Å²) < 4.78 is 61.0. The molecular formula is C63H76F4LiN8O10-. The third-order valence-corrected chi connectivity index (χ3v) is 14.8. The second kappa shape index (κ2) is 30.8. The number of nitrogens with one attached hydrogen (secondary N) is 2. The SMILES string of the molecule is COC(=O)C[C@H](NC(=O)C(CC(C)C)n1cc(CN2CC(F)(F)C2)ccc1=O)c1cncc(-c2c(C)cccc2C)c1.Cc1cccc(C)c1-c1cncc([C@H](CC(=O)O)NC(=O)C(CC(C)C)n2cc(CN3CC(F)(F)C3)ccc2=O)c1.[Li+].[OH-].[OH-]. The van der Waals surface area contributed by atoms with Crippen molar-refractivity contribution < 1.29 is 76.4 Å². The van der Waals surface area contributed by atoms with E-state index in [1.54, 1.807) is 52.9 Å². The first-order chi connectivity index (χ1) is 39.2. The van der Waals surface area contributed by atoms with Gasteiger partial charge in [-0.25, -0.2) is 17.6 Å². The van der Waals surface area contributed by atoms with Crippen LogP contribution in [-0.2, 0) is 37.0 Å². The first-order valence-electron chi connectivity index (χ1n) is 27.7. The van der Waals surface area contributed by atoms with Crippen LogP contribution in [0.3, 0.4) is 0 Å². The molecular weight excluding hydrogens is 1110 g/mol. The number of hydrogen-bond acceptors (Lipinski definition) is 13. The van der Waals surface area contributed by atoms with Gasteiger partial charge in [0.25, 0.3) is 23.0 Å². The quantitative estimate of drug-likeness (QED) is 0.0371. The number of methoxy groups -OCH3 is 1. The van der Waals surface area contributed by atoms with Crippen LogP contribution >= 0.6 is 0 Å². The molecule has 4 atom stereocenters. The number of rotatable bonds is 22. The summed E-state index contributed by atoms with van der Waals surface area (Å²) in [6.45, 7) is 14.8. The van der Waals surface area contributed by atoms with Crippen molar-refractivity contribution in [3.8, 4) is 22.3 Å². The normalized spacial score (nSPS) is 15.5. The largest absolute Gasteiger partial charge is 1.00 e. The Morgan fingerprint density at radius 2 is 0.953 bits per heavy atom. The summed E-state index contributed by atoms with van der Waals surface area (Å²) in [5.74, 6) is -7.88. The Morgan fingerprint density at radius 1 is 0.593 bits per heavy atom. The standard InChI is InChI=1S/C32H38F2N4O4.C31H36F2N4O4.Li.2H2O/c1-20(2)11-27(38-17-23(9-10-28(38)39)16-37-18-32(33,34)19-37)31(41)36-26(13-29(40)42-5)24-12-25(15-35-14-24)30-21(3)7-6-8-22(30)4;1-19(2)10-26(37-16-22(8-9-27(37)38)15-36-17-31(32,33)18-36)30(41)35-25(12-28(39)40)23-11-24(14-34-13-23)29-20(3)6-5-7-21(29)4;;;/h6-10,12,14-15,17,20,26-27H,11,13,16,18-19H2,1-5H3,(H,36,41);5-9,11,13-14,16,19,25-26H,10,12,15,17-18H2,1-4H3,(H,35,41)(H,39,40);;2*1H2/q;;+1;;/p-2/t26-,27?;25-,26?;;;/m00.../s1. The van der Waals surface area contributed by atoms with Gasteiger partial charge in [-0.05, 0) is 120 Å². The number of amides is 2. The smallest absolute Gasteiger partial charge is 0.870 e. The van der Waals surface area contributed by atoms with Crippen LogP contribution in [0.1, 0.15) is 122 Å². The number of carbonyl (C=O) groups is 4. The van der Waals surface area contributed by atoms with E-state index in [1.165, 1.54) is 34.6 Å². The number of aliphatic carboxylic acids is 1. The first-order valence-corrected chi connectivity index (χ1v) is 27.7. The summed E-state index contributed by atoms with van der Waals surface area (Å²) in [5.41, 5.74) is 9.56. The number of likely N-dealkylation sites (tertiary alicyclic amines) is 2. The van der Waals surface area contributed by atoms with Gasteiger partial charge in [0, 0.05) is 73.5 Å². The van der Waals surface area contributed by atoms with Crippen molar-refractivity contribution in [3.05, 3.63) is 175 Å². The topological polar surface area (TPSA) is 258 Å². The summed E-state index contributed by atoms with van der Waals surface area (Å²) in [5, 5.41) is 15.5. The van der Waals surface area contributed by atoms with Crippen LogP contribution < -0.4 is 40.6 Å². The van der Waals surface area contributed by atoms with Crippen LogP contribution in [0, 0.1) is 39.5 Å². The van der Waals surface area contributed by atoms with Crippen LogP contribution in [-0.4, -0.2) is 114 Å². The second-order valence-corrected chi connectivity index (χ2v) is 22.9. The van der Waals surface area contributed by atoms with Crippen LogP contribution in [0.2, 0.25) is 0 Å². The predicted octanol–water partition coefficient (Wildman–Crippen LogP) is 6.53. The number of hydrogen-bond donors (Lipinski definition) is 3. The minimum atomic E-state index is -2.71. The minimum absolute atomic E-state index is 0. The zero-order chi connectivity index (χ0) is 60.5. The molecule has 458 valence electrons. The Hall–Kier alpha value is -7.32. The molecule has 23 heteroatoms. The molecule has 6 heterocycles. The fourth-order valence-electron chi connectivity index (χ4n) is 10.9. The van der Waals surface area contributed by atoms with E-state index >= 15 is 0 Å². The van der Waals surface area contributed by atoms with Gasteiger partial charge in [0.15, 0.2) is 0 Å². The predicted molar refractivity (Wildman–Crippen MR) is 312 cm³/mol. The minimum Gasteiger partial charge on any atom is -0.870 e. The zero-order valence-corrected chi connectivity index (χ0v) is 50.3. The van der Waals surface area contributed by atoms with Gasteiger partial charge in [0.2, 0.25) is 11.8 Å². The molecule has 0 radical (unpaired) electrons. The van der Waals surface area contributed by atoms with Crippen molar-refractivity contribution in [1.82, 2.24) is 39.5 Å². The Balaban J connectivity index is 0.000000356. The summed E-state index contributed by atoms with van der Waals surface area (Å²) in [6.07, 6.45) is 9.87. The molecule has 2 aromatic carbocycles. The van der Waals surface area contributed by atoms with Crippen LogP contribution in [0.4, 0.5) is 17.6 Å². The third kappa shape index (κ3) is 18.8. The van der Waals surface area contributed by atoms with E-state index < -0.39 is 65.3 Å². The molecule has 8 rings (SSSR count). The molecule has 2 saturated heterocycles. The molecule has 5 N–H and O–H groups in total. The first kappa shape index (κ1) is 71.2. The van der Waals surface area contributed by atoms with Gasteiger partial charge in [-0.15, -0.1) is 0 Å². The number of carboxylic acid groups (broad SMARTS) is 1. The molecule has 6 aromatic rings. The van der Waals surface area contributed by atoms with E-state index in [1.807, 2.05) is 104 Å². The van der Waals surface area contributed by atoms with E-state index in [0.29, 0.717) is 35.1 Å². The van der Waals surface area contributed by atoms with Crippen molar-refractivity contribution in [1.29, 1.82) is 0 Å². The number of carboxylic acids is 1. The van der Waals surface area contributed by atoms with E-state index in [0.717, 1.165) is 44.5 Å². The molecule has 18 nitrogen and oxygen atoms in total. The fraction of sp³-hybridized carbons (Fsp3) is 0.429. The fourth-order valence-corrected chi connectivity index (χ4v) is 10.9. The van der Waals surface area contributed by atoms with Gasteiger partial charge in [-0.2, -0.15) is 0 Å². The number of benzene rings is 2. The second-order valence-electron chi connectivity index (χ2n) is 22.9. The average Bonchev–Trinajstić information content (AvgIpc) is 2.43. The molecule has 2 amide bonds. The monoisotopic (exact) mass is 1190 g/mol. The van der Waals surface area contributed by atoms with Crippen molar-refractivity contribution in [2.75, 3.05) is 33.3 Å². The van der Waals surface area contributed by atoms with Crippen LogP contribution in [0.15, 0.2) is 120 Å². The number of carbonyl (C=O) groups excluding carboxylic acids is 3. The molecule has 4 aromatic heterocycles. The maximum absolute atomic E-state index is 13.9. The molecule has 0 bridgehead atoms. The maximum atomic E-state index is 13.9. The van der Waals surface area contributed by atoms with Gasteiger partial charge < -0.3 is 40.6 Å². The Labute approximate surface area is 510 Å². The van der Waals surface area contributed by atoms with E-state index in [2.05, 4.69) is 20.6 Å². The number of ether oxygens (including phenoxy) is 1. The maximum Gasteiger partial charge on any atom is 1.00 e. The molecule has 2 fully saturated rings. The number of aromatic nitrogens is 4. The molecule has 0 aliphatic carbocycles. The third-order valence-electron chi connectivity index (χ3n) is 14.8. The van der Waals surface area contributed by atoms with Crippen molar-refractivity contribution >= 4 is 23.8 Å². The Morgan fingerprint density at radius 3 is 1.28 bits per heavy atom. The summed E-state index contributed by atoms with van der Waals surface area (Å²) in [7, 11) is 1.28. The van der Waals surface area contributed by atoms with Crippen LogP contribution in [0.5, 0.6) is 0 Å². The van der Waals surface area contributed by atoms with Crippen molar-refractivity contribution in [2.45, 2.75) is 130 Å². The summed E-state index contributed by atoms with van der Waals surface area (Å²) in [4.78, 5) is 89.7. The summed E-state index contributed by atoms with van der Waals surface area (Å²) in [6, 6.07) is 18.1. The van der Waals surface area contributed by atoms with E-state index in [9.17, 15) is 51.4 Å². The van der Waals surface area contributed by atoms with Crippen LogP contribution in [0.25, 0.3) is 22.3 Å². The van der Waals surface area contributed by atoms with Gasteiger partial charge >= 0.3 is 30.8 Å². The molecule has 2 unspecified atom stereocenters. The van der Waals surface area contributed by atoms with Gasteiger partial charge in [0.05, 0.1) is 58.2 Å².